The van der Waals surface area contributed by atoms with Crippen LogP contribution in [-0.2, 0) is 19.3 Å². The van der Waals surface area contributed by atoms with E-state index in [-0.39, 0.29) is 54.3 Å². The van der Waals surface area contributed by atoms with Crippen LogP contribution in [0.1, 0.15) is 135 Å². The van der Waals surface area contributed by atoms with Crippen molar-refractivity contribution >= 4 is 118 Å². The van der Waals surface area contributed by atoms with Crippen molar-refractivity contribution in [3.63, 3.8) is 0 Å². The lowest BCUT2D eigenvalue weighted by atomic mass is 9.97. The topological polar surface area (TPSA) is 270 Å². The molecule has 3 aromatic heterocycles. The highest BCUT2D eigenvalue weighted by Gasteiger charge is 2.25. The highest BCUT2D eigenvalue weighted by molar-refractivity contribution is 9.11. The number of likely N-dealkylation sites (tertiary alicyclic amines) is 2. The number of hydrogen-bond acceptors (Lipinski definition) is 12. The van der Waals surface area contributed by atoms with Crippen molar-refractivity contribution in [1.29, 1.82) is 10.8 Å². The minimum Gasteiger partial charge on any atom is -0.384 e. The number of aromatic nitrogens is 3. The third-order valence-corrected chi connectivity index (χ3v) is 17.4. The first-order valence-corrected chi connectivity index (χ1v) is 33.1. The summed E-state index contributed by atoms with van der Waals surface area (Å²) in [6.07, 6.45) is 10.8. The lowest BCUT2D eigenvalue weighted by Crippen LogP contribution is -2.35. The Morgan fingerprint density at radius 2 is 0.789 bits per heavy atom. The molecule has 5 heterocycles. The third-order valence-electron chi connectivity index (χ3n) is 16.0. The highest BCUT2D eigenvalue weighted by Crippen LogP contribution is 2.24. The van der Waals surface area contributed by atoms with Crippen molar-refractivity contribution in [2.75, 3.05) is 42.6 Å². The summed E-state index contributed by atoms with van der Waals surface area (Å²) in [6, 6.07) is 53.4. The Kier molecular flexibility index (Phi) is 24.6. The summed E-state index contributed by atoms with van der Waals surface area (Å²) in [5.41, 5.74) is 13.1. The average molecular weight is 1460 g/mol. The average Bonchev–Trinajstić information content (AvgIpc) is 1.87. The molecule has 2 aliphatic rings. The second kappa shape index (κ2) is 33.7. The molecule has 21 heteroatoms. The van der Waals surface area contributed by atoms with Crippen molar-refractivity contribution in [3.05, 3.63) is 281 Å². The largest absolute Gasteiger partial charge is 0.384 e. The number of Topliss-reactive ketones (excluding diaryl/α,β-unsaturated/α-hetero) is 3. The van der Waals surface area contributed by atoms with E-state index in [2.05, 4.69) is 100 Å². The van der Waals surface area contributed by atoms with Crippen molar-refractivity contribution in [3.8, 4) is 0 Å². The quantitative estimate of drug-likeness (QED) is 0.0266. The van der Waals surface area contributed by atoms with E-state index in [1.807, 2.05) is 36.4 Å². The van der Waals surface area contributed by atoms with Gasteiger partial charge in [-0.05, 0) is 158 Å². The summed E-state index contributed by atoms with van der Waals surface area (Å²) in [4.78, 5) is 97.6. The number of benzene rings is 6. The van der Waals surface area contributed by atoms with E-state index in [4.69, 9.17) is 16.6 Å². The van der Waals surface area contributed by atoms with Crippen molar-refractivity contribution in [1.82, 2.24) is 24.8 Å². The molecule has 95 heavy (non-hydrogen) atoms. The number of nitrogens with zero attached hydrogens (tertiary/aromatic N) is 6. The molecule has 3 amide bonds. The van der Waals surface area contributed by atoms with Crippen LogP contribution in [0, 0.1) is 10.8 Å². The molecule has 7 N–H and O–H groups in total. The van der Waals surface area contributed by atoms with Crippen LogP contribution < -0.4 is 21.7 Å². The number of piperidine rings is 1. The van der Waals surface area contributed by atoms with Crippen LogP contribution in [0.25, 0.3) is 0 Å². The number of rotatable bonds is 18. The molecule has 1 unspecified atom stereocenters. The molecule has 0 aliphatic carbocycles. The van der Waals surface area contributed by atoms with Gasteiger partial charge in [-0.2, -0.15) is 0 Å². The molecule has 0 bridgehead atoms. The van der Waals surface area contributed by atoms with Crippen LogP contribution in [0.2, 0.25) is 0 Å². The SMILES string of the molecule is CC1CCCN1C(=N)c1ccc(C(=O)Cc2ccccc2C(=O)Nc2ccc(Br)cn2)cc1.CN=C(N)c1ccc(C(=O)Cc2ccccc2C(=O)Nc2ccc(Br)cn2)cc1.N=C(c1ccc(C(=O)Cc2ccccc2C(=O)Nc2ccc(Br)cn2)cc1)N1CCCCC1. The van der Waals surface area contributed by atoms with Crippen LogP contribution in [0.15, 0.2) is 219 Å². The van der Waals surface area contributed by atoms with Crippen molar-refractivity contribution in [2.45, 2.75) is 64.3 Å². The van der Waals surface area contributed by atoms with Crippen molar-refractivity contribution in [2.24, 2.45) is 10.7 Å². The second-order valence-electron chi connectivity index (χ2n) is 22.5. The molecule has 11 rings (SSSR count). The third kappa shape index (κ3) is 19.3. The van der Waals surface area contributed by atoms with E-state index in [1.54, 1.807) is 171 Å². The van der Waals surface area contributed by atoms with Gasteiger partial charge in [0, 0.05) is 134 Å². The Morgan fingerprint density at radius 1 is 0.453 bits per heavy atom. The molecule has 18 nitrogen and oxygen atoms in total. The number of hydrogen-bond donors (Lipinski definition) is 6. The monoisotopic (exact) mass is 1460 g/mol. The van der Waals surface area contributed by atoms with Gasteiger partial charge in [0.25, 0.3) is 17.7 Å². The van der Waals surface area contributed by atoms with Gasteiger partial charge in [-0.1, -0.05) is 127 Å². The molecular weight excluding hydrogens is 1390 g/mol. The van der Waals surface area contributed by atoms with Gasteiger partial charge in [-0.3, -0.25) is 44.6 Å². The number of carbonyl (C=O) groups is 6. The number of nitrogens with two attached hydrogens (primary N) is 1. The fourth-order valence-electron chi connectivity index (χ4n) is 10.7. The number of anilines is 3. The number of ketones is 3. The molecule has 0 spiro atoms. The van der Waals surface area contributed by atoms with E-state index in [9.17, 15) is 28.8 Å². The number of nitrogens with one attached hydrogen (secondary N) is 5. The summed E-state index contributed by atoms with van der Waals surface area (Å²) in [5.74, 6) is 1.56. The normalized spacial score (nSPS) is 13.4. The van der Waals surface area contributed by atoms with Crippen LogP contribution >= 0.6 is 47.8 Å². The lowest BCUT2D eigenvalue weighted by molar-refractivity contribution is 0.0980. The Morgan fingerprint density at radius 3 is 1.12 bits per heavy atom. The zero-order valence-corrected chi connectivity index (χ0v) is 57.0. The highest BCUT2D eigenvalue weighted by atomic mass is 79.9. The van der Waals surface area contributed by atoms with E-state index in [0.717, 1.165) is 75.4 Å². The van der Waals surface area contributed by atoms with Gasteiger partial charge in [-0.25, -0.2) is 15.0 Å². The van der Waals surface area contributed by atoms with Gasteiger partial charge < -0.3 is 31.5 Å². The summed E-state index contributed by atoms with van der Waals surface area (Å²) >= 11 is 9.95. The number of aliphatic imine (C=N–C) groups is 1. The molecule has 2 aliphatic heterocycles. The van der Waals surface area contributed by atoms with Crippen LogP contribution in [0.3, 0.4) is 0 Å². The lowest BCUT2D eigenvalue weighted by Gasteiger charge is -2.29. The number of amidine groups is 3. The summed E-state index contributed by atoms with van der Waals surface area (Å²) in [6.45, 7) is 4.86. The van der Waals surface area contributed by atoms with Crippen LogP contribution in [0.4, 0.5) is 17.5 Å². The fourth-order valence-corrected chi connectivity index (χ4v) is 11.4. The van der Waals surface area contributed by atoms with Gasteiger partial charge in [0.2, 0.25) is 0 Å². The van der Waals surface area contributed by atoms with E-state index >= 15 is 0 Å². The van der Waals surface area contributed by atoms with Gasteiger partial charge in [0.15, 0.2) is 17.3 Å². The molecular formula is C74H69Br3N12O6. The number of amides is 3. The zero-order valence-electron chi connectivity index (χ0n) is 52.3. The first-order chi connectivity index (χ1) is 45.9. The van der Waals surface area contributed by atoms with Crippen LogP contribution in [-0.4, -0.2) is 110 Å². The fraction of sp³-hybridized carbons (Fsp3) is 0.189. The van der Waals surface area contributed by atoms with Crippen LogP contribution in [0.5, 0.6) is 0 Å². The van der Waals surface area contributed by atoms with E-state index in [1.165, 1.54) is 6.42 Å². The van der Waals surface area contributed by atoms with Crippen molar-refractivity contribution < 1.29 is 28.8 Å². The van der Waals surface area contributed by atoms with Gasteiger partial charge >= 0.3 is 0 Å². The van der Waals surface area contributed by atoms with Gasteiger partial charge in [0.05, 0.1) is 0 Å². The summed E-state index contributed by atoms with van der Waals surface area (Å²) in [5, 5.41) is 25.2. The minimum absolute atomic E-state index is 0.0759. The standard InChI is InChI=1S/2C26H25BrN4O2.C22H19BrN4O2/c1-17-5-4-14-31(17)25(28)19-10-8-18(9-11-19)23(32)15-20-6-2-3-7-22(20)26(33)30-24-13-12-21(27)16-29-24;27-21-12-13-24(29-17-21)30-26(33)22-7-3-2-6-20(22)16-23(32)18-8-10-19(11-9-18)25(28)31-14-4-1-5-15-31;1-25-21(24)15-8-6-14(7-9-15)19(28)12-16-4-2-3-5-18(16)22(29)27-20-11-10-17(23)13-26-20/h2-3,6-13,16-17,28H,4-5,14-15H2,1H3,(H,29,30,33);2-3,6-13,17,28H,1,4-5,14-16H2,(H,29,30,33);2-11,13H,12H2,1H3,(H2,24,25)(H,26,27,29). The number of carbonyl (C=O) groups excluding carboxylic acids is 6. The summed E-state index contributed by atoms with van der Waals surface area (Å²) < 4.78 is 2.46. The Hall–Kier alpha value is -9.96. The maximum atomic E-state index is 13.0. The molecule has 2 saturated heterocycles. The molecule has 482 valence electrons. The molecule has 1 atom stereocenters. The molecule has 0 radical (unpaired) electrons. The smallest absolute Gasteiger partial charge is 0.257 e. The molecule has 9 aromatic rings. The molecule has 0 saturated carbocycles. The Labute approximate surface area is 576 Å². The minimum atomic E-state index is -0.314. The Bertz CT molecular complexity index is 4260. The van der Waals surface area contributed by atoms with Gasteiger partial charge in [0.1, 0.15) is 35.0 Å². The first kappa shape index (κ1) is 69.4. The van der Waals surface area contributed by atoms with E-state index in [0.29, 0.717) is 91.1 Å². The second-order valence-corrected chi connectivity index (χ2v) is 25.2. The maximum Gasteiger partial charge on any atom is 0.257 e. The van der Waals surface area contributed by atoms with Gasteiger partial charge in [-0.15, -0.1) is 0 Å². The maximum absolute atomic E-state index is 13.0. The molecule has 6 aromatic carbocycles. The predicted molar refractivity (Wildman–Crippen MR) is 384 cm³/mol. The Balaban J connectivity index is 0.000000168. The zero-order chi connectivity index (χ0) is 67.4. The number of halogens is 3. The molecule has 2 fully saturated rings. The summed E-state index contributed by atoms with van der Waals surface area (Å²) in [7, 11) is 1.61. The van der Waals surface area contributed by atoms with E-state index < -0.39 is 0 Å². The predicted octanol–water partition coefficient (Wildman–Crippen LogP) is 14.5. The number of pyridine rings is 3. The first-order valence-electron chi connectivity index (χ1n) is 30.8.